The highest BCUT2D eigenvalue weighted by Crippen LogP contribution is 2.22. The van der Waals surface area contributed by atoms with Crippen LogP contribution in [0.4, 0.5) is 4.39 Å². The molecular weight excluding hydrogens is 261 g/mol. The summed E-state index contributed by atoms with van der Waals surface area (Å²) in [4.78, 5) is 1.27. The first-order valence-corrected chi connectivity index (χ1v) is 7.29. The van der Waals surface area contributed by atoms with E-state index in [1.165, 1.54) is 17.0 Å². The van der Waals surface area contributed by atoms with Crippen LogP contribution in [0.15, 0.2) is 41.8 Å². The molecule has 2 aromatic rings. The molecule has 2 rings (SSSR count). The van der Waals surface area contributed by atoms with Crippen LogP contribution in [0.1, 0.15) is 35.9 Å². The topological polar surface area (TPSA) is 32.3 Å². The average Bonchev–Trinajstić information content (AvgIpc) is 2.94. The van der Waals surface area contributed by atoms with Crippen LogP contribution >= 0.6 is 11.3 Å². The maximum atomic E-state index is 12.8. The molecule has 0 radical (unpaired) electrons. The van der Waals surface area contributed by atoms with Gasteiger partial charge in [-0.3, -0.25) is 0 Å². The van der Waals surface area contributed by atoms with Gasteiger partial charge < -0.3 is 10.4 Å². The van der Waals surface area contributed by atoms with Crippen molar-refractivity contribution in [1.82, 2.24) is 5.32 Å². The lowest BCUT2D eigenvalue weighted by atomic mass is 10.1. The molecule has 102 valence electrons. The van der Waals surface area contributed by atoms with E-state index in [2.05, 4.69) is 23.7 Å². The van der Waals surface area contributed by atoms with Gasteiger partial charge in [-0.05, 0) is 35.6 Å². The Morgan fingerprint density at radius 1 is 1.26 bits per heavy atom. The van der Waals surface area contributed by atoms with Gasteiger partial charge in [0, 0.05) is 17.5 Å². The molecule has 4 heteroatoms. The predicted molar refractivity (Wildman–Crippen MR) is 76.7 cm³/mol. The molecule has 2 nitrogen and oxygen atoms in total. The van der Waals surface area contributed by atoms with Crippen LogP contribution < -0.4 is 5.32 Å². The van der Waals surface area contributed by atoms with E-state index in [-0.39, 0.29) is 11.9 Å². The molecule has 0 saturated carbocycles. The van der Waals surface area contributed by atoms with Gasteiger partial charge in [0.25, 0.3) is 0 Å². The van der Waals surface area contributed by atoms with Gasteiger partial charge in [0.05, 0.1) is 6.10 Å². The normalized spacial score (nSPS) is 14.3. The molecule has 0 bridgehead atoms. The Labute approximate surface area is 116 Å². The van der Waals surface area contributed by atoms with Crippen LogP contribution in [0.5, 0.6) is 0 Å². The van der Waals surface area contributed by atoms with Gasteiger partial charge in [-0.1, -0.05) is 25.1 Å². The fourth-order valence-corrected chi connectivity index (χ4v) is 2.88. The van der Waals surface area contributed by atoms with Crippen LogP contribution in [-0.2, 0) is 0 Å². The molecule has 0 aliphatic carbocycles. The van der Waals surface area contributed by atoms with Crippen molar-refractivity contribution in [2.75, 3.05) is 6.54 Å². The molecule has 0 spiro atoms. The second-order valence-corrected chi connectivity index (χ2v) is 5.43. The van der Waals surface area contributed by atoms with E-state index in [4.69, 9.17) is 0 Å². The standard InChI is InChI=1S/C15H18FNOS/c1-2-13(15-4-3-9-19-15)17-10-14(18)11-5-7-12(16)8-6-11/h3-9,13-14,17-18H,2,10H2,1H3. The van der Waals surface area contributed by atoms with Crippen molar-refractivity contribution >= 4 is 11.3 Å². The zero-order valence-electron chi connectivity index (χ0n) is 10.8. The van der Waals surface area contributed by atoms with Crippen LogP contribution in [0, 0.1) is 5.82 Å². The number of hydrogen-bond acceptors (Lipinski definition) is 3. The van der Waals surface area contributed by atoms with Gasteiger partial charge in [-0.15, -0.1) is 11.3 Å². The highest BCUT2D eigenvalue weighted by molar-refractivity contribution is 7.10. The lowest BCUT2D eigenvalue weighted by Gasteiger charge is -2.18. The lowest BCUT2D eigenvalue weighted by Crippen LogP contribution is -2.25. The molecule has 0 amide bonds. The number of hydrogen-bond donors (Lipinski definition) is 2. The second-order valence-electron chi connectivity index (χ2n) is 4.45. The summed E-state index contributed by atoms with van der Waals surface area (Å²) in [6.07, 6.45) is 0.353. The van der Waals surface area contributed by atoms with Gasteiger partial charge in [-0.25, -0.2) is 4.39 Å². The Kier molecular flexibility index (Phi) is 5.07. The Morgan fingerprint density at radius 2 is 2.00 bits per heavy atom. The molecule has 0 aliphatic heterocycles. The van der Waals surface area contributed by atoms with Crippen LogP contribution in [0.25, 0.3) is 0 Å². The molecular formula is C15H18FNOS. The Bertz CT molecular complexity index is 483. The van der Waals surface area contributed by atoms with Crippen molar-refractivity contribution < 1.29 is 9.50 Å². The summed E-state index contributed by atoms with van der Waals surface area (Å²) in [5.41, 5.74) is 0.731. The van der Waals surface area contributed by atoms with Gasteiger partial charge in [0.15, 0.2) is 0 Å². The van der Waals surface area contributed by atoms with Gasteiger partial charge in [0.1, 0.15) is 5.82 Å². The summed E-state index contributed by atoms with van der Waals surface area (Å²) in [6.45, 7) is 2.57. The zero-order valence-corrected chi connectivity index (χ0v) is 11.7. The number of nitrogens with one attached hydrogen (secondary N) is 1. The number of halogens is 1. The number of aliphatic hydroxyl groups excluding tert-OH is 1. The van der Waals surface area contributed by atoms with E-state index in [1.54, 1.807) is 23.5 Å². The molecule has 19 heavy (non-hydrogen) atoms. The minimum atomic E-state index is -0.616. The third-order valence-corrected chi connectivity index (χ3v) is 4.09. The van der Waals surface area contributed by atoms with Gasteiger partial charge in [0.2, 0.25) is 0 Å². The number of benzene rings is 1. The van der Waals surface area contributed by atoms with Gasteiger partial charge in [-0.2, -0.15) is 0 Å². The van der Waals surface area contributed by atoms with E-state index in [0.29, 0.717) is 6.54 Å². The second kappa shape index (κ2) is 6.80. The molecule has 1 aromatic heterocycles. The summed E-state index contributed by atoms with van der Waals surface area (Å²) in [5, 5.41) is 15.5. The molecule has 1 aromatic carbocycles. The van der Waals surface area contributed by atoms with Crippen molar-refractivity contribution in [2.24, 2.45) is 0 Å². The summed E-state index contributed by atoms with van der Waals surface area (Å²) >= 11 is 1.71. The molecule has 2 N–H and O–H groups in total. The van der Waals surface area contributed by atoms with Gasteiger partial charge >= 0.3 is 0 Å². The maximum absolute atomic E-state index is 12.8. The fourth-order valence-electron chi connectivity index (χ4n) is 1.99. The maximum Gasteiger partial charge on any atom is 0.123 e. The highest BCUT2D eigenvalue weighted by Gasteiger charge is 2.13. The minimum Gasteiger partial charge on any atom is -0.387 e. The monoisotopic (exact) mass is 279 g/mol. The Hall–Kier alpha value is -1.23. The first-order chi connectivity index (χ1) is 9.20. The third-order valence-electron chi connectivity index (χ3n) is 3.11. The van der Waals surface area contributed by atoms with Crippen molar-refractivity contribution in [2.45, 2.75) is 25.5 Å². The molecule has 0 fully saturated rings. The first-order valence-electron chi connectivity index (χ1n) is 6.41. The van der Waals surface area contributed by atoms with E-state index >= 15 is 0 Å². The summed E-state index contributed by atoms with van der Waals surface area (Å²) in [7, 11) is 0. The largest absolute Gasteiger partial charge is 0.387 e. The first kappa shape index (κ1) is 14.2. The molecule has 2 atom stereocenters. The molecule has 0 aliphatic rings. The van der Waals surface area contributed by atoms with Crippen molar-refractivity contribution in [3.05, 3.63) is 58.0 Å². The van der Waals surface area contributed by atoms with E-state index < -0.39 is 6.10 Å². The predicted octanol–water partition coefficient (Wildman–Crippen LogP) is 3.66. The SMILES string of the molecule is CCC(NCC(O)c1ccc(F)cc1)c1cccs1. The van der Waals surface area contributed by atoms with Crippen molar-refractivity contribution in [3.8, 4) is 0 Å². The van der Waals surface area contributed by atoms with E-state index in [0.717, 1.165) is 12.0 Å². The highest BCUT2D eigenvalue weighted by atomic mass is 32.1. The van der Waals surface area contributed by atoms with E-state index in [1.807, 2.05) is 6.07 Å². The smallest absolute Gasteiger partial charge is 0.123 e. The Balaban J connectivity index is 1.92. The van der Waals surface area contributed by atoms with E-state index in [9.17, 15) is 9.50 Å². The van der Waals surface area contributed by atoms with Crippen LogP contribution in [-0.4, -0.2) is 11.7 Å². The average molecular weight is 279 g/mol. The van der Waals surface area contributed by atoms with Crippen LogP contribution in [0.2, 0.25) is 0 Å². The lowest BCUT2D eigenvalue weighted by molar-refractivity contribution is 0.169. The number of aliphatic hydroxyl groups is 1. The fraction of sp³-hybridized carbons (Fsp3) is 0.333. The number of rotatable bonds is 6. The number of thiophene rings is 1. The molecule has 2 unspecified atom stereocenters. The summed E-state index contributed by atoms with van der Waals surface area (Å²) < 4.78 is 12.8. The molecule has 1 heterocycles. The summed E-state index contributed by atoms with van der Waals surface area (Å²) in [5.74, 6) is -0.283. The summed E-state index contributed by atoms with van der Waals surface area (Å²) in [6, 6.07) is 10.4. The third kappa shape index (κ3) is 3.86. The quantitative estimate of drug-likeness (QED) is 0.845. The van der Waals surface area contributed by atoms with Crippen molar-refractivity contribution in [3.63, 3.8) is 0 Å². The van der Waals surface area contributed by atoms with Crippen molar-refractivity contribution in [1.29, 1.82) is 0 Å². The van der Waals surface area contributed by atoms with Crippen LogP contribution in [0.3, 0.4) is 0 Å². The zero-order chi connectivity index (χ0) is 13.7. The molecule has 0 saturated heterocycles. The minimum absolute atomic E-state index is 0.259. The Morgan fingerprint density at radius 3 is 2.58 bits per heavy atom.